The third kappa shape index (κ3) is 3.14. The lowest BCUT2D eigenvalue weighted by Crippen LogP contribution is -2.28. The highest BCUT2D eigenvalue weighted by Crippen LogP contribution is 2.31. The van der Waals surface area contributed by atoms with Crippen LogP contribution in [0.5, 0.6) is 0 Å². The second kappa shape index (κ2) is 7.37. The maximum Gasteiger partial charge on any atom is 0.410 e. The average Bonchev–Trinajstić information content (AvgIpc) is 3.51. The molecule has 1 aromatic carbocycles. The molecule has 0 aliphatic carbocycles. The van der Waals surface area contributed by atoms with Gasteiger partial charge in [-0.15, -0.1) is 0 Å². The molecule has 1 aliphatic rings. The van der Waals surface area contributed by atoms with Crippen LogP contribution in [0.1, 0.15) is 18.4 Å². The number of aryl methyl sites for hydroxylation is 1. The van der Waals surface area contributed by atoms with Gasteiger partial charge in [0.05, 0.1) is 11.8 Å². The molecule has 8 heteroatoms. The van der Waals surface area contributed by atoms with Gasteiger partial charge in [-0.2, -0.15) is 0 Å². The van der Waals surface area contributed by atoms with Crippen molar-refractivity contribution in [1.82, 2.24) is 24.4 Å². The number of aromatic nitrogens is 4. The summed E-state index contributed by atoms with van der Waals surface area (Å²) in [5.41, 5.74) is 5.61. The summed E-state index contributed by atoms with van der Waals surface area (Å²) in [6.45, 7) is 1.84. The fraction of sp³-hybridized carbons (Fsp3) is 0.318. The lowest BCUT2D eigenvalue weighted by Gasteiger charge is -2.15. The van der Waals surface area contributed by atoms with Gasteiger partial charge in [0.15, 0.2) is 5.82 Å². The van der Waals surface area contributed by atoms with Crippen molar-refractivity contribution in [3.8, 4) is 11.3 Å². The topological polar surface area (TPSA) is 88.1 Å². The van der Waals surface area contributed by atoms with E-state index in [1.165, 1.54) is 0 Å². The molecule has 1 aliphatic heterocycles. The molecule has 1 amide bonds. The van der Waals surface area contributed by atoms with Crippen LogP contribution in [0, 0.1) is 0 Å². The first-order valence-corrected chi connectivity index (χ1v) is 10.2. The Hall–Kier alpha value is -3.55. The Morgan fingerprint density at radius 3 is 2.90 bits per heavy atom. The number of H-pyrrole nitrogens is 1. The molecule has 154 valence electrons. The number of nitrogens with zero attached hydrogens (tertiary/aromatic N) is 4. The number of fused-ring (bicyclic) bond motifs is 3. The van der Waals surface area contributed by atoms with Crippen molar-refractivity contribution < 1.29 is 9.53 Å². The fourth-order valence-corrected chi connectivity index (χ4v) is 4.09. The number of carbonyl (C=O) groups excluding carboxylic acids is 1. The lowest BCUT2D eigenvalue weighted by molar-refractivity contribution is 0.104. The Labute approximate surface area is 173 Å². The van der Waals surface area contributed by atoms with Crippen molar-refractivity contribution in [1.29, 1.82) is 0 Å². The molecule has 0 bridgehead atoms. The van der Waals surface area contributed by atoms with Gasteiger partial charge in [-0.3, -0.25) is 0 Å². The van der Waals surface area contributed by atoms with Gasteiger partial charge in [0.2, 0.25) is 0 Å². The minimum atomic E-state index is -0.231. The van der Waals surface area contributed by atoms with E-state index in [0.29, 0.717) is 0 Å². The number of benzene rings is 1. The molecule has 0 spiro atoms. The van der Waals surface area contributed by atoms with Crippen LogP contribution in [-0.4, -0.2) is 50.6 Å². The third-order valence-electron chi connectivity index (χ3n) is 5.64. The molecule has 1 saturated heterocycles. The zero-order chi connectivity index (χ0) is 20.7. The first-order chi connectivity index (χ1) is 14.6. The monoisotopic (exact) mass is 404 g/mol. The van der Waals surface area contributed by atoms with E-state index in [2.05, 4.69) is 21.4 Å². The van der Waals surface area contributed by atoms with Crippen LogP contribution >= 0.6 is 0 Å². The predicted molar refractivity (Wildman–Crippen MR) is 116 cm³/mol. The number of rotatable bonds is 4. The first-order valence-electron chi connectivity index (χ1n) is 10.2. The zero-order valence-electron chi connectivity index (χ0n) is 17.1. The zero-order valence-corrected chi connectivity index (χ0v) is 17.1. The Kier molecular flexibility index (Phi) is 4.54. The number of hydrogen-bond donors (Lipinski definition) is 2. The minimum absolute atomic E-state index is 0.231. The van der Waals surface area contributed by atoms with Crippen LogP contribution in [0.2, 0.25) is 0 Å². The van der Waals surface area contributed by atoms with Crippen LogP contribution in [0.4, 0.5) is 10.6 Å². The molecule has 0 atom stereocenters. The molecule has 4 aromatic rings. The summed E-state index contributed by atoms with van der Waals surface area (Å²) in [5, 5.41) is 4.14. The number of carbonyl (C=O) groups is 1. The summed E-state index contributed by atoms with van der Waals surface area (Å²) < 4.78 is 7.51. The lowest BCUT2D eigenvalue weighted by atomic mass is 10.1. The first kappa shape index (κ1) is 18.5. The Balaban J connectivity index is 1.45. The molecule has 30 heavy (non-hydrogen) atoms. The predicted octanol–water partition coefficient (Wildman–Crippen LogP) is 3.89. The molecule has 4 heterocycles. The number of imidazole rings is 1. The highest BCUT2D eigenvalue weighted by atomic mass is 16.6. The van der Waals surface area contributed by atoms with Crippen molar-refractivity contribution in [3.63, 3.8) is 0 Å². The van der Waals surface area contributed by atoms with Crippen LogP contribution in [-0.2, 0) is 18.4 Å². The number of hydrogen-bond acceptors (Lipinski definition) is 5. The summed E-state index contributed by atoms with van der Waals surface area (Å²) in [6, 6.07) is 10.1. The van der Waals surface area contributed by atoms with E-state index < -0.39 is 0 Å². The van der Waals surface area contributed by atoms with Gasteiger partial charge >= 0.3 is 6.09 Å². The standard InChI is InChI=1S/C22H24N6O2/c1-23-21-18-19(27(2)13-24-18)16-11-17(25-20(16)26-21)15-7-5-6-14(10-15)12-30-22(29)28-8-3-4-9-28/h5-7,10-11,13H,3-4,8-9,12H2,1-2H3,(H2,23,25,26). The molecule has 2 N–H and O–H groups in total. The van der Waals surface area contributed by atoms with Gasteiger partial charge in [0.1, 0.15) is 17.8 Å². The smallest absolute Gasteiger partial charge is 0.410 e. The maximum atomic E-state index is 12.2. The summed E-state index contributed by atoms with van der Waals surface area (Å²) in [4.78, 5) is 26.5. The highest BCUT2D eigenvalue weighted by molar-refractivity contribution is 6.07. The second-order valence-corrected chi connectivity index (χ2v) is 7.66. The summed E-state index contributed by atoms with van der Waals surface area (Å²) in [7, 11) is 3.83. The Morgan fingerprint density at radius 1 is 1.27 bits per heavy atom. The average molecular weight is 404 g/mol. The molecular weight excluding hydrogens is 380 g/mol. The van der Waals surface area contributed by atoms with E-state index in [9.17, 15) is 4.79 Å². The molecule has 5 rings (SSSR count). The SMILES string of the molecule is CNc1nc2[nH]c(-c3cccc(COC(=O)N4CCCC4)c3)cc2c2c1ncn2C. The van der Waals surface area contributed by atoms with Gasteiger partial charge in [-0.25, -0.2) is 14.8 Å². The number of anilines is 1. The molecule has 0 unspecified atom stereocenters. The van der Waals surface area contributed by atoms with Crippen molar-refractivity contribution >= 4 is 34.0 Å². The number of likely N-dealkylation sites (tertiary alicyclic amines) is 1. The fourth-order valence-electron chi connectivity index (χ4n) is 4.09. The van der Waals surface area contributed by atoms with E-state index in [1.54, 1.807) is 11.2 Å². The van der Waals surface area contributed by atoms with Gasteiger partial charge in [-0.1, -0.05) is 18.2 Å². The quantitative estimate of drug-likeness (QED) is 0.539. The van der Waals surface area contributed by atoms with Crippen LogP contribution in [0.15, 0.2) is 36.7 Å². The Bertz CT molecular complexity index is 1240. The summed E-state index contributed by atoms with van der Waals surface area (Å²) in [5.74, 6) is 0.745. The highest BCUT2D eigenvalue weighted by Gasteiger charge is 2.19. The maximum absolute atomic E-state index is 12.2. The van der Waals surface area contributed by atoms with Crippen molar-refractivity contribution in [2.45, 2.75) is 19.4 Å². The van der Waals surface area contributed by atoms with Crippen molar-refractivity contribution in [2.24, 2.45) is 7.05 Å². The van der Waals surface area contributed by atoms with Gasteiger partial charge in [-0.05, 0) is 36.1 Å². The van der Waals surface area contributed by atoms with Gasteiger partial charge < -0.3 is 24.5 Å². The molecule has 1 fully saturated rings. The van der Waals surface area contributed by atoms with E-state index in [4.69, 9.17) is 9.72 Å². The number of amides is 1. The summed E-state index contributed by atoms with van der Waals surface area (Å²) >= 11 is 0. The molecule has 0 saturated carbocycles. The van der Waals surface area contributed by atoms with Gasteiger partial charge in [0, 0.05) is 38.3 Å². The van der Waals surface area contributed by atoms with Crippen LogP contribution < -0.4 is 5.32 Å². The van der Waals surface area contributed by atoms with Crippen molar-refractivity contribution in [3.05, 3.63) is 42.2 Å². The second-order valence-electron chi connectivity index (χ2n) is 7.66. The summed E-state index contributed by atoms with van der Waals surface area (Å²) in [6.07, 6.45) is 3.68. The molecule has 0 radical (unpaired) electrons. The van der Waals surface area contributed by atoms with Crippen LogP contribution in [0.25, 0.3) is 33.3 Å². The molecule has 8 nitrogen and oxygen atoms in total. The van der Waals surface area contributed by atoms with E-state index in [-0.39, 0.29) is 12.7 Å². The largest absolute Gasteiger partial charge is 0.445 e. The van der Waals surface area contributed by atoms with E-state index >= 15 is 0 Å². The van der Waals surface area contributed by atoms with Crippen molar-refractivity contribution in [2.75, 3.05) is 25.5 Å². The molecular formula is C22H24N6O2. The van der Waals surface area contributed by atoms with E-state index in [1.807, 2.05) is 42.9 Å². The Morgan fingerprint density at radius 2 is 2.10 bits per heavy atom. The van der Waals surface area contributed by atoms with Gasteiger partial charge in [0.25, 0.3) is 0 Å². The third-order valence-corrected chi connectivity index (χ3v) is 5.64. The number of pyridine rings is 1. The van der Waals surface area contributed by atoms with E-state index in [0.717, 1.165) is 70.6 Å². The molecule has 3 aromatic heterocycles. The number of ether oxygens (including phenoxy) is 1. The normalized spacial score (nSPS) is 14.0. The minimum Gasteiger partial charge on any atom is -0.445 e. The number of nitrogens with one attached hydrogen (secondary N) is 2. The van der Waals surface area contributed by atoms with Crippen LogP contribution in [0.3, 0.4) is 0 Å². The number of aromatic amines is 1.